The van der Waals surface area contributed by atoms with Crippen LogP contribution in [0, 0.1) is 23.6 Å². The fourth-order valence-electron chi connectivity index (χ4n) is 4.65. The molecule has 3 aliphatic rings. The van der Waals surface area contributed by atoms with Crippen molar-refractivity contribution in [3.8, 4) is 0 Å². The van der Waals surface area contributed by atoms with Crippen LogP contribution >= 0.6 is 0 Å². The van der Waals surface area contributed by atoms with Gasteiger partial charge in [0.2, 0.25) is 0 Å². The van der Waals surface area contributed by atoms with E-state index in [-0.39, 0.29) is 29.5 Å². The van der Waals surface area contributed by atoms with Gasteiger partial charge in [0.25, 0.3) is 5.91 Å². The van der Waals surface area contributed by atoms with Crippen LogP contribution in [0.25, 0.3) is 0 Å². The topological polar surface area (TPSA) is 76.1 Å². The van der Waals surface area contributed by atoms with Gasteiger partial charge in [-0.2, -0.15) is 0 Å². The Labute approximate surface area is 150 Å². The Kier molecular flexibility index (Phi) is 4.44. The van der Waals surface area contributed by atoms with Crippen LogP contribution in [0.15, 0.2) is 24.3 Å². The van der Waals surface area contributed by atoms with E-state index >= 15 is 0 Å². The zero-order valence-corrected chi connectivity index (χ0v) is 14.5. The van der Waals surface area contributed by atoms with Gasteiger partial charge in [-0.05, 0) is 25.5 Å². The minimum absolute atomic E-state index is 0.0219. The number of hydrogen-bond donors (Lipinski definition) is 1. The van der Waals surface area contributed by atoms with Crippen molar-refractivity contribution in [2.75, 3.05) is 19.7 Å². The number of ether oxygens (including phenoxy) is 2. The largest absolute Gasteiger partial charge is 0.466 e. The molecule has 1 aromatic rings. The highest BCUT2D eigenvalue weighted by molar-refractivity contribution is 5.94. The smallest absolute Gasteiger partial charge is 0.311 e. The highest BCUT2D eigenvalue weighted by atomic mass is 19.1. The second-order valence-corrected chi connectivity index (χ2v) is 7.24. The molecular weight excluding hydrogens is 341 g/mol. The Morgan fingerprint density at radius 3 is 2.77 bits per heavy atom. The normalized spacial score (nSPS) is 35.3. The van der Waals surface area contributed by atoms with Gasteiger partial charge in [0.05, 0.1) is 36.4 Å². The predicted molar refractivity (Wildman–Crippen MR) is 88.7 cm³/mol. The third kappa shape index (κ3) is 2.70. The molecule has 4 rings (SSSR count). The van der Waals surface area contributed by atoms with Gasteiger partial charge in [0.1, 0.15) is 5.82 Å². The van der Waals surface area contributed by atoms with Gasteiger partial charge in [-0.25, -0.2) is 4.39 Å². The van der Waals surface area contributed by atoms with E-state index < -0.39 is 29.9 Å². The summed E-state index contributed by atoms with van der Waals surface area (Å²) in [7, 11) is 0. The average Bonchev–Trinajstić information content (AvgIpc) is 3.24. The molecule has 6 atom stereocenters. The molecular formula is C19H22FNO5. The Balaban J connectivity index is 1.55. The van der Waals surface area contributed by atoms with E-state index in [4.69, 9.17) is 9.47 Å². The maximum absolute atomic E-state index is 14.0. The van der Waals surface area contributed by atoms with Crippen LogP contribution < -0.4 is 0 Å². The summed E-state index contributed by atoms with van der Waals surface area (Å²) >= 11 is 0. The van der Waals surface area contributed by atoms with Crippen LogP contribution in [0.4, 0.5) is 4.39 Å². The lowest BCUT2D eigenvalue weighted by Gasteiger charge is -2.35. The molecule has 0 aromatic heterocycles. The first kappa shape index (κ1) is 17.4. The molecule has 0 spiro atoms. The fraction of sp³-hybridized carbons (Fsp3) is 0.579. The number of aliphatic hydroxyl groups is 1. The van der Waals surface area contributed by atoms with Crippen molar-refractivity contribution in [2.45, 2.75) is 31.7 Å². The number of fused-ring (bicyclic) bond motifs is 4. The third-order valence-electron chi connectivity index (χ3n) is 5.85. The van der Waals surface area contributed by atoms with Gasteiger partial charge in [-0.3, -0.25) is 9.59 Å². The second-order valence-electron chi connectivity index (χ2n) is 7.24. The maximum Gasteiger partial charge on any atom is 0.311 e. The number of likely N-dealkylation sites (tertiary alicyclic amines) is 1. The lowest BCUT2D eigenvalue weighted by molar-refractivity contribution is -0.157. The summed E-state index contributed by atoms with van der Waals surface area (Å²) in [5.74, 6) is -2.02. The standard InChI is InChI=1S/C19H22FNO5/c1-2-25-19(24)11-7-15-16(22)12-8-21(9-13(12)17(11)26-15)18(23)10-5-3-4-6-14(10)20/h3-6,11-13,15-17,22H,2,7-9H2,1H3/t11-,12+,13-,15-,16-,17+/m0/s1. The number of halogens is 1. The maximum atomic E-state index is 14.0. The van der Waals surface area contributed by atoms with Crippen molar-refractivity contribution < 1.29 is 28.6 Å². The molecule has 3 heterocycles. The molecule has 140 valence electrons. The number of esters is 1. The van der Waals surface area contributed by atoms with Crippen molar-refractivity contribution in [1.82, 2.24) is 4.90 Å². The van der Waals surface area contributed by atoms with Crippen LogP contribution in [0.2, 0.25) is 0 Å². The zero-order valence-electron chi connectivity index (χ0n) is 14.5. The van der Waals surface area contributed by atoms with Crippen molar-refractivity contribution >= 4 is 11.9 Å². The SMILES string of the molecule is CCOC(=O)[C@H]1C[C@@H]2O[C@H]1[C@H]1CN(C(=O)c3ccccc3F)C[C@H]1[C@@H]2O. The van der Waals surface area contributed by atoms with Crippen LogP contribution in [-0.4, -0.2) is 59.9 Å². The van der Waals surface area contributed by atoms with Gasteiger partial charge >= 0.3 is 5.97 Å². The molecule has 3 saturated heterocycles. The summed E-state index contributed by atoms with van der Waals surface area (Å²) in [5, 5.41) is 10.6. The fourth-order valence-corrected chi connectivity index (χ4v) is 4.65. The number of nitrogens with zero attached hydrogens (tertiary/aromatic N) is 1. The molecule has 0 aliphatic carbocycles. The Hall–Kier alpha value is -1.99. The predicted octanol–water partition coefficient (Wildman–Crippen LogP) is 1.23. The van der Waals surface area contributed by atoms with E-state index in [1.165, 1.54) is 18.2 Å². The van der Waals surface area contributed by atoms with E-state index in [1.54, 1.807) is 17.9 Å². The quantitative estimate of drug-likeness (QED) is 0.818. The zero-order chi connectivity index (χ0) is 18.4. The van der Waals surface area contributed by atoms with Crippen LogP contribution in [0.3, 0.4) is 0 Å². The minimum atomic E-state index is -0.742. The average molecular weight is 363 g/mol. The number of amides is 1. The first-order valence-corrected chi connectivity index (χ1v) is 9.05. The van der Waals surface area contributed by atoms with E-state index in [0.29, 0.717) is 26.1 Å². The van der Waals surface area contributed by atoms with Crippen LogP contribution in [-0.2, 0) is 14.3 Å². The molecule has 26 heavy (non-hydrogen) atoms. The molecule has 2 bridgehead atoms. The Bertz CT molecular complexity index is 726. The summed E-state index contributed by atoms with van der Waals surface area (Å²) in [6, 6.07) is 5.87. The minimum Gasteiger partial charge on any atom is -0.466 e. The lowest BCUT2D eigenvalue weighted by atomic mass is 9.83. The summed E-state index contributed by atoms with van der Waals surface area (Å²) in [6.45, 7) is 2.72. The Morgan fingerprint density at radius 2 is 2.04 bits per heavy atom. The molecule has 0 saturated carbocycles. The van der Waals surface area contributed by atoms with Gasteiger partial charge in [-0.15, -0.1) is 0 Å². The lowest BCUT2D eigenvalue weighted by Crippen LogP contribution is -2.46. The van der Waals surface area contributed by atoms with Gasteiger partial charge in [-0.1, -0.05) is 12.1 Å². The molecule has 6 nitrogen and oxygen atoms in total. The number of hydrogen-bond acceptors (Lipinski definition) is 5. The van der Waals surface area contributed by atoms with Crippen LogP contribution in [0.1, 0.15) is 23.7 Å². The number of benzene rings is 1. The van der Waals surface area contributed by atoms with Crippen molar-refractivity contribution in [3.63, 3.8) is 0 Å². The number of aliphatic hydroxyl groups excluding tert-OH is 1. The molecule has 1 N–H and O–H groups in total. The number of carbonyl (C=O) groups is 2. The molecule has 3 aliphatic heterocycles. The summed E-state index contributed by atoms with van der Waals surface area (Å²) < 4.78 is 25.0. The first-order chi connectivity index (χ1) is 12.5. The van der Waals surface area contributed by atoms with E-state index in [0.717, 1.165) is 0 Å². The summed E-state index contributed by atoms with van der Waals surface area (Å²) in [5.41, 5.74) is 0.0219. The monoisotopic (exact) mass is 363 g/mol. The summed E-state index contributed by atoms with van der Waals surface area (Å²) in [4.78, 5) is 26.5. The first-order valence-electron chi connectivity index (χ1n) is 9.05. The van der Waals surface area contributed by atoms with Crippen molar-refractivity contribution in [3.05, 3.63) is 35.6 Å². The van der Waals surface area contributed by atoms with E-state index in [9.17, 15) is 19.1 Å². The third-order valence-corrected chi connectivity index (χ3v) is 5.85. The summed E-state index contributed by atoms with van der Waals surface area (Å²) in [6.07, 6.45) is -1.09. The van der Waals surface area contributed by atoms with Gasteiger partial charge in [0.15, 0.2) is 0 Å². The van der Waals surface area contributed by atoms with Gasteiger partial charge < -0.3 is 19.5 Å². The molecule has 0 unspecified atom stereocenters. The number of carbonyl (C=O) groups excluding carboxylic acids is 2. The highest BCUT2D eigenvalue weighted by Gasteiger charge is 2.58. The number of rotatable bonds is 3. The second kappa shape index (κ2) is 6.63. The molecule has 0 radical (unpaired) electrons. The van der Waals surface area contributed by atoms with Gasteiger partial charge in [0, 0.05) is 24.9 Å². The molecule has 7 heteroatoms. The van der Waals surface area contributed by atoms with Crippen LogP contribution in [0.5, 0.6) is 0 Å². The Morgan fingerprint density at radius 1 is 1.31 bits per heavy atom. The molecule has 1 amide bonds. The highest BCUT2D eigenvalue weighted by Crippen LogP contribution is 2.47. The van der Waals surface area contributed by atoms with E-state index in [1.807, 2.05) is 0 Å². The molecule has 1 aromatic carbocycles. The van der Waals surface area contributed by atoms with Crippen molar-refractivity contribution in [2.24, 2.45) is 17.8 Å². The van der Waals surface area contributed by atoms with Crippen molar-refractivity contribution in [1.29, 1.82) is 0 Å². The van der Waals surface area contributed by atoms with E-state index in [2.05, 4.69) is 0 Å². The molecule has 3 fully saturated rings.